The molecule has 0 radical (unpaired) electrons. The van der Waals surface area contributed by atoms with Crippen LogP contribution in [0.15, 0.2) is 30.3 Å². The molecule has 0 aliphatic rings. The van der Waals surface area contributed by atoms with Gasteiger partial charge in [0, 0.05) is 0 Å². The molecule has 1 aromatic rings. The van der Waals surface area contributed by atoms with Gasteiger partial charge in [-0.2, -0.15) is 13.2 Å². The molecule has 78 valence electrons. The van der Waals surface area contributed by atoms with E-state index in [0.717, 1.165) is 5.56 Å². The zero-order chi connectivity index (χ0) is 10.6. The number of benzene rings is 1. The maximum absolute atomic E-state index is 11.8. The highest BCUT2D eigenvalue weighted by atomic mass is 19.4. The van der Waals surface area contributed by atoms with Gasteiger partial charge in [0.15, 0.2) is 0 Å². The first-order valence-corrected chi connectivity index (χ1v) is 4.22. The molecule has 0 N–H and O–H groups in total. The van der Waals surface area contributed by atoms with Crippen molar-refractivity contribution in [1.82, 2.24) is 0 Å². The van der Waals surface area contributed by atoms with Crippen molar-refractivity contribution in [2.45, 2.75) is 19.2 Å². The first-order valence-electron chi connectivity index (χ1n) is 4.22. The van der Waals surface area contributed by atoms with E-state index < -0.39 is 18.9 Å². The second kappa shape index (κ2) is 4.46. The first-order chi connectivity index (χ1) is 6.49. The van der Waals surface area contributed by atoms with Crippen LogP contribution in [0.5, 0.6) is 0 Å². The van der Waals surface area contributed by atoms with Gasteiger partial charge in [-0.15, -0.1) is 0 Å². The van der Waals surface area contributed by atoms with E-state index in [9.17, 15) is 13.2 Å². The Labute approximate surface area is 80.5 Å². The van der Waals surface area contributed by atoms with E-state index in [0.29, 0.717) is 0 Å². The van der Waals surface area contributed by atoms with Crippen LogP contribution in [0.1, 0.15) is 18.6 Å². The molecule has 4 heteroatoms. The van der Waals surface area contributed by atoms with E-state index >= 15 is 0 Å². The van der Waals surface area contributed by atoms with E-state index in [2.05, 4.69) is 4.74 Å². The molecule has 0 aromatic heterocycles. The molecule has 1 nitrogen and oxygen atoms in total. The zero-order valence-corrected chi connectivity index (χ0v) is 7.71. The van der Waals surface area contributed by atoms with Crippen LogP contribution in [0.3, 0.4) is 0 Å². The molecule has 0 heterocycles. The summed E-state index contributed by atoms with van der Waals surface area (Å²) in [6.07, 6.45) is -4.79. The van der Waals surface area contributed by atoms with Gasteiger partial charge >= 0.3 is 6.18 Å². The summed E-state index contributed by atoms with van der Waals surface area (Å²) in [6, 6.07) is 8.81. The largest absolute Gasteiger partial charge is 0.411 e. The number of hydrogen-bond acceptors (Lipinski definition) is 1. The Morgan fingerprint density at radius 3 is 2.29 bits per heavy atom. The fraction of sp³-hybridized carbons (Fsp3) is 0.400. The molecule has 0 spiro atoms. The number of halogens is 3. The molecular weight excluding hydrogens is 193 g/mol. The lowest BCUT2D eigenvalue weighted by molar-refractivity contribution is -0.184. The summed E-state index contributed by atoms with van der Waals surface area (Å²) in [5.74, 6) is 0. The molecule has 0 saturated carbocycles. The van der Waals surface area contributed by atoms with E-state index in [-0.39, 0.29) is 0 Å². The minimum absolute atomic E-state index is 0.530. The van der Waals surface area contributed by atoms with Crippen molar-refractivity contribution < 1.29 is 17.9 Å². The van der Waals surface area contributed by atoms with E-state index in [1.165, 1.54) is 0 Å². The van der Waals surface area contributed by atoms with Gasteiger partial charge in [-0.25, -0.2) is 0 Å². The lowest BCUT2D eigenvalue weighted by Gasteiger charge is -2.14. The number of alkyl halides is 3. The Morgan fingerprint density at radius 1 is 1.21 bits per heavy atom. The average molecular weight is 204 g/mol. The standard InChI is InChI=1S/C10H11F3O/c1-8(14-7-10(11,12)13)9-5-3-2-4-6-9/h2-6,8H,7H2,1H3/t8-/m0/s1. The van der Waals surface area contributed by atoms with Crippen LogP contribution < -0.4 is 0 Å². The molecule has 0 aliphatic heterocycles. The van der Waals surface area contributed by atoms with Gasteiger partial charge in [-0.3, -0.25) is 0 Å². The third-order valence-corrected chi connectivity index (χ3v) is 1.77. The number of hydrogen-bond donors (Lipinski definition) is 0. The monoisotopic (exact) mass is 204 g/mol. The van der Waals surface area contributed by atoms with Gasteiger partial charge in [-0.1, -0.05) is 30.3 Å². The minimum atomic E-state index is -4.26. The summed E-state index contributed by atoms with van der Waals surface area (Å²) in [5, 5.41) is 0. The molecule has 14 heavy (non-hydrogen) atoms. The highest BCUT2D eigenvalue weighted by Crippen LogP contribution is 2.21. The quantitative estimate of drug-likeness (QED) is 0.733. The maximum Gasteiger partial charge on any atom is 0.411 e. The molecule has 1 atom stereocenters. The predicted molar refractivity (Wildman–Crippen MR) is 46.9 cm³/mol. The summed E-state index contributed by atoms with van der Waals surface area (Å²) in [7, 11) is 0. The molecule has 0 fully saturated rings. The van der Waals surface area contributed by atoms with Gasteiger partial charge in [0.25, 0.3) is 0 Å². The van der Waals surface area contributed by atoms with Gasteiger partial charge < -0.3 is 4.74 Å². The third kappa shape index (κ3) is 3.79. The molecule has 0 aliphatic carbocycles. The molecule has 0 amide bonds. The summed E-state index contributed by atoms with van der Waals surface area (Å²) in [6.45, 7) is 0.393. The summed E-state index contributed by atoms with van der Waals surface area (Å²) in [4.78, 5) is 0. The van der Waals surface area contributed by atoms with Crippen molar-refractivity contribution in [2.24, 2.45) is 0 Å². The predicted octanol–water partition coefficient (Wildman–Crippen LogP) is 3.33. The van der Waals surface area contributed by atoms with Gasteiger partial charge in [-0.05, 0) is 12.5 Å². The smallest absolute Gasteiger partial charge is 0.364 e. The van der Waals surface area contributed by atoms with Crippen LogP contribution in [0.4, 0.5) is 13.2 Å². The SMILES string of the molecule is C[C@H](OCC(F)(F)F)c1ccccc1. The lowest BCUT2D eigenvalue weighted by Crippen LogP contribution is -2.18. The number of ether oxygens (including phenoxy) is 1. The first kappa shape index (κ1) is 11.0. The number of rotatable bonds is 3. The van der Waals surface area contributed by atoms with E-state index in [1.807, 2.05) is 0 Å². The van der Waals surface area contributed by atoms with Crippen molar-refractivity contribution in [1.29, 1.82) is 0 Å². The van der Waals surface area contributed by atoms with Crippen molar-refractivity contribution in [3.8, 4) is 0 Å². The lowest BCUT2D eigenvalue weighted by atomic mass is 10.1. The summed E-state index contributed by atoms with van der Waals surface area (Å²) < 4.78 is 40.1. The van der Waals surface area contributed by atoms with Crippen molar-refractivity contribution in [3.63, 3.8) is 0 Å². The highest BCUT2D eigenvalue weighted by molar-refractivity contribution is 5.16. The van der Waals surface area contributed by atoms with Crippen LogP contribution in [-0.2, 0) is 4.74 Å². The Balaban J connectivity index is 2.48. The second-order valence-electron chi connectivity index (χ2n) is 2.98. The Bertz CT molecular complexity index is 268. The molecule has 1 rings (SSSR count). The molecule has 0 bridgehead atoms. The molecule has 0 unspecified atom stereocenters. The topological polar surface area (TPSA) is 9.23 Å². The van der Waals surface area contributed by atoms with Crippen LogP contribution >= 0.6 is 0 Å². The van der Waals surface area contributed by atoms with E-state index in [1.54, 1.807) is 37.3 Å². The third-order valence-electron chi connectivity index (χ3n) is 1.77. The van der Waals surface area contributed by atoms with Gasteiger partial charge in [0.1, 0.15) is 6.61 Å². The van der Waals surface area contributed by atoms with Crippen molar-refractivity contribution in [2.75, 3.05) is 6.61 Å². The Morgan fingerprint density at radius 2 is 1.79 bits per heavy atom. The normalized spacial score (nSPS) is 14.0. The van der Waals surface area contributed by atoms with Crippen LogP contribution in [0.25, 0.3) is 0 Å². The fourth-order valence-electron chi connectivity index (χ4n) is 1.04. The van der Waals surface area contributed by atoms with Gasteiger partial charge in [0.05, 0.1) is 6.10 Å². The van der Waals surface area contributed by atoms with Crippen molar-refractivity contribution >= 4 is 0 Å². The van der Waals surface area contributed by atoms with Crippen LogP contribution in [0, 0.1) is 0 Å². The summed E-state index contributed by atoms with van der Waals surface area (Å²) in [5.41, 5.74) is 0.747. The highest BCUT2D eigenvalue weighted by Gasteiger charge is 2.28. The van der Waals surface area contributed by atoms with Crippen molar-refractivity contribution in [3.05, 3.63) is 35.9 Å². The minimum Gasteiger partial charge on any atom is -0.364 e. The maximum atomic E-state index is 11.8. The van der Waals surface area contributed by atoms with Crippen LogP contribution in [0.2, 0.25) is 0 Å². The Hall–Kier alpha value is -1.03. The molecule has 1 aromatic carbocycles. The summed E-state index contributed by atoms with van der Waals surface area (Å²) >= 11 is 0. The average Bonchev–Trinajstić information content (AvgIpc) is 2.14. The van der Waals surface area contributed by atoms with Gasteiger partial charge in [0.2, 0.25) is 0 Å². The van der Waals surface area contributed by atoms with E-state index in [4.69, 9.17) is 0 Å². The molecular formula is C10H11F3O. The molecule has 0 saturated heterocycles. The second-order valence-corrected chi connectivity index (χ2v) is 2.98. The zero-order valence-electron chi connectivity index (χ0n) is 7.71. The fourth-order valence-corrected chi connectivity index (χ4v) is 1.04. The van der Waals surface area contributed by atoms with Crippen LogP contribution in [-0.4, -0.2) is 12.8 Å². The Kier molecular flexibility index (Phi) is 3.52.